The maximum Gasteiger partial charge on any atom is 0.153 e. The van der Waals surface area contributed by atoms with Crippen LogP contribution >= 0.6 is 0 Å². The van der Waals surface area contributed by atoms with E-state index in [1.165, 1.54) is 6.20 Å². The molecule has 0 amide bonds. The van der Waals surface area contributed by atoms with Gasteiger partial charge in [-0.25, -0.2) is 18.2 Å². The SMILES string of the molecule is C=C(O)C1=CN(c2c(F)cc(F)cc2F)c2nc(N3CC(C)(OC)C3)ccc2C1=C. The number of rotatable bonds is 4. The molecule has 1 saturated heterocycles. The third-order valence-electron chi connectivity index (χ3n) is 5.40. The molecule has 0 radical (unpaired) electrons. The zero-order valence-corrected chi connectivity index (χ0v) is 16.5. The Morgan fingerprint density at radius 2 is 1.83 bits per heavy atom. The first-order chi connectivity index (χ1) is 14.1. The van der Waals surface area contributed by atoms with Crippen molar-refractivity contribution in [2.45, 2.75) is 12.5 Å². The van der Waals surface area contributed by atoms with Crippen LogP contribution in [0.2, 0.25) is 0 Å². The van der Waals surface area contributed by atoms with Crippen molar-refractivity contribution in [3.05, 3.63) is 78.0 Å². The van der Waals surface area contributed by atoms with Crippen LogP contribution < -0.4 is 9.80 Å². The molecule has 0 atom stereocenters. The predicted octanol–water partition coefficient (Wildman–Crippen LogP) is 4.84. The molecule has 1 fully saturated rings. The van der Waals surface area contributed by atoms with Gasteiger partial charge in [-0.15, -0.1) is 0 Å². The lowest BCUT2D eigenvalue weighted by Gasteiger charge is -2.47. The number of aliphatic hydroxyl groups excluding tert-OH is 1. The molecule has 1 aromatic carbocycles. The van der Waals surface area contributed by atoms with Crippen molar-refractivity contribution in [1.82, 2.24) is 4.98 Å². The van der Waals surface area contributed by atoms with Crippen LogP contribution in [-0.2, 0) is 4.74 Å². The Morgan fingerprint density at radius 3 is 2.40 bits per heavy atom. The van der Waals surface area contributed by atoms with E-state index in [0.717, 1.165) is 4.90 Å². The molecular weight excluding hydrogens is 395 g/mol. The highest BCUT2D eigenvalue weighted by atomic mass is 19.1. The molecule has 2 aliphatic heterocycles. The predicted molar refractivity (Wildman–Crippen MR) is 109 cm³/mol. The highest BCUT2D eigenvalue weighted by Gasteiger charge is 2.40. The van der Waals surface area contributed by atoms with Crippen molar-refractivity contribution in [2.75, 3.05) is 30.0 Å². The second-order valence-electron chi connectivity index (χ2n) is 7.61. The van der Waals surface area contributed by atoms with Crippen molar-refractivity contribution in [1.29, 1.82) is 0 Å². The van der Waals surface area contributed by atoms with Gasteiger partial charge in [0.2, 0.25) is 0 Å². The van der Waals surface area contributed by atoms with Crippen LogP contribution in [0.25, 0.3) is 5.57 Å². The number of anilines is 3. The summed E-state index contributed by atoms with van der Waals surface area (Å²) in [6, 6.07) is 4.65. The van der Waals surface area contributed by atoms with Gasteiger partial charge in [-0.05, 0) is 24.6 Å². The van der Waals surface area contributed by atoms with Crippen molar-refractivity contribution < 1.29 is 23.0 Å². The number of hydrogen-bond donors (Lipinski definition) is 1. The molecule has 8 heteroatoms. The van der Waals surface area contributed by atoms with Gasteiger partial charge in [-0.1, -0.05) is 13.2 Å². The summed E-state index contributed by atoms with van der Waals surface area (Å²) in [4.78, 5) is 7.70. The number of halogens is 3. The Hall–Kier alpha value is -3.26. The van der Waals surface area contributed by atoms with Crippen LogP contribution in [0.4, 0.5) is 30.5 Å². The van der Waals surface area contributed by atoms with Gasteiger partial charge >= 0.3 is 0 Å². The molecule has 0 bridgehead atoms. The molecule has 5 nitrogen and oxygen atoms in total. The molecule has 0 saturated carbocycles. The summed E-state index contributed by atoms with van der Waals surface area (Å²) in [6.45, 7) is 10.6. The summed E-state index contributed by atoms with van der Waals surface area (Å²) in [7, 11) is 1.64. The molecule has 3 heterocycles. The molecule has 2 aromatic rings. The van der Waals surface area contributed by atoms with Crippen LogP contribution in [0, 0.1) is 17.5 Å². The van der Waals surface area contributed by atoms with Gasteiger partial charge < -0.3 is 14.7 Å². The summed E-state index contributed by atoms with van der Waals surface area (Å²) in [5.41, 5.74) is 0.248. The fraction of sp³-hybridized carbons (Fsp3) is 0.227. The lowest BCUT2D eigenvalue weighted by Crippen LogP contribution is -2.61. The summed E-state index contributed by atoms with van der Waals surface area (Å²) >= 11 is 0. The fourth-order valence-electron chi connectivity index (χ4n) is 3.68. The third kappa shape index (κ3) is 3.13. The normalized spacial score (nSPS) is 17.4. The number of ether oxygens (including phenoxy) is 1. The number of aliphatic hydroxyl groups is 1. The van der Waals surface area contributed by atoms with E-state index in [9.17, 15) is 18.3 Å². The second-order valence-corrected chi connectivity index (χ2v) is 7.61. The van der Waals surface area contributed by atoms with Crippen molar-refractivity contribution in [3.63, 3.8) is 0 Å². The topological polar surface area (TPSA) is 48.8 Å². The van der Waals surface area contributed by atoms with Crippen LogP contribution in [0.15, 0.2) is 55.0 Å². The number of nitrogens with zero attached hydrogens (tertiary/aromatic N) is 3. The highest BCUT2D eigenvalue weighted by molar-refractivity contribution is 5.93. The van der Waals surface area contributed by atoms with E-state index in [4.69, 9.17) is 4.74 Å². The Balaban J connectivity index is 1.85. The van der Waals surface area contributed by atoms with Crippen LogP contribution in [-0.4, -0.2) is 35.9 Å². The maximum atomic E-state index is 14.6. The summed E-state index contributed by atoms with van der Waals surface area (Å²) < 4.78 is 48.1. The van der Waals surface area contributed by atoms with Crippen molar-refractivity contribution in [3.8, 4) is 0 Å². The van der Waals surface area contributed by atoms with E-state index in [-0.39, 0.29) is 22.8 Å². The number of pyridine rings is 1. The Labute approximate surface area is 172 Å². The van der Waals surface area contributed by atoms with E-state index in [0.29, 0.717) is 42.2 Å². The summed E-state index contributed by atoms with van der Waals surface area (Å²) in [5.74, 6) is -2.77. The van der Waals surface area contributed by atoms with Gasteiger partial charge in [-0.2, -0.15) is 0 Å². The molecule has 0 unspecified atom stereocenters. The fourth-order valence-corrected chi connectivity index (χ4v) is 3.68. The van der Waals surface area contributed by atoms with Gasteiger partial charge in [0, 0.05) is 49.7 Å². The minimum absolute atomic E-state index is 0.191. The first kappa shape index (κ1) is 20.0. The van der Waals surface area contributed by atoms with Crippen LogP contribution in [0.1, 0.15) is 12.5 Å². The number of benzene rings is 1. The molecule has 1 N–H and O–H groups in total. The number of allylic oxidation sites excluding steroid dienone is 1. The quantitative estimate of drug-likeness (QED) is 0.724. The zero-order valence-electron chi connectivity index (χ0n) is 16.5. The molecule has 1 aromatic heterocycles. The van der Waals surface area contributed by atoms with E-state index >= 15 is 0 Å². The van der Waals surface area contributed by atoms with Crippen LogP contribution in [0.3, 0.4) is 0 Å². The van der Waals surface area contributed by atoms with E-state index in [1.54, 1.807) is 19.2 Å². The smallest absolute Gasteiger partial charge is 0.153 e. The average Bonchev–Trinajstić information content (AvgIpc) is 2.65. The Kier molecular flexibility index (Phi) is 4.62. The minimum Gasteiger partial charge on any atom is -0.508 e. The van der Waals surface area contributed by atoms with Crippen molar-refractivity contribution >= 4 is 22.9 Å². The van der Waals surface area contributed by atoms with E-state index in [2.05, 4.69) is 18.1 Å². The van der Waals surface area contributed by atoms with Gasteiger partial charge in [0.1, 0.15) is 28.9 Å². The highest BCUT2D eigenvalue weighted by Crippen LogP contribution is 2.43. The Morgan fingerprint density at radius 1 is 1.20 bits per heavy atom. The number of methoxy groups -OCH3 is 1. The number of fused-ring (bicyclic) bond motifs is 1. The van der Waals surface area contributed by atoms with E-state index < -0.39 is 23.1 Å². The number of hydrogen-bond acceptors (Lipinski definition) is 5. The first-order valence-corrected chi connectivity index (χ1v) is 9.18. The molecule has 0 aliphatic carbocycles. The maximum absolute atomic E-state index is 14.6. The lowest BCUT2D eigenvalue weighted by atomic mass is 9.94. The average molecular weight is 415 g/mol. The molecule has 0 spiro atoms. The van der Waals surface area contributed by atoms with Gasteiger partial charge in [-0.3, -0.25) is 4.90 Å². The monoisotopic (exact) mass is 415 g/mol. The summed E-state index contributed by atoms with van der Waals surface area (Å²) in [5, 5.41) is 9.96. The lowest BCUT2D eigenvalue weighted by molar-refractivity contribution is -0.0171. The summed E-state index contributed by atoms with van der Waals surface area (Å²) in [6.07, 6.45) is 1.29. The minimum atomic E-state index is -1.10. The molecule has 30 heavy (non-hydrogen) atoms. The zero-order chi connectivity index (χ0) is 21.8. The Bertz CT molecular complexity index is 1080. The first-order valence-electron chi connectivity index (χ1n) is 9.18. The van der Waals surface area contributed by atoms with Crippen LogP contribution in [0.5, 0.6) is 0 Å². The largest absolute Gasteiger partial charge is 0.508 e. The third-order valence-corrected chi connectivity index (χ3v) is 5.40. The number of aromatic nitrogens is 1. The molecule has 2 aliphatic rings. The molecule has 156 valence electrons. The van der Waals surface area contributed by atoms with Crippen molar-refractivity contribution in [2.24, 2.45) is 0 Å². The molecule has 4 rings (SSSR count). The standard InChI is InChI=1S/C22H20F3N3O2/c1-12-15-5-6-19(27-10-22(3,11-27)30-4)26-21(15)28(9-16(12)13(2)29)20-17(24)7-14(23)8-18(20)25/h5-9,29H,1-2,10-11H2,3-4H3. The van der Waals surface area contributed by atoms with E-state index in [1.807, 2.05) is 11.8 Å². The molecular formula is C22H20F3N3O2. The van der Waals surface area contributed by atoms with Gasteiger partial charge in [0.15, 0.2) is 11.6 Å². The second kappa shape index (κ2) is 6.91. The van der Waals surface area contributed by atoms with Gasteiger partial charge in [0.25, 0.3) is 0 Å². The van der Waals surface area contributed by atoms with Gasteiger partial charge in [0.05, 0.1) is 5.60 Å².